The summed E-state index contributed by atoms with van der Waals surface area (Å²) in [5, 5.41) is 3.52. The van der Waals surface area contributed by atoms with Crippen LogP contribution in [0.1, 0.15) is 12.5 Å². The van der Waals surface area contributed by atoms with E-state index in [-0.39, 0.29) is 0 Å². The first kappa shape index (κ1) is 14.4. The zero-order valence-corrected chi connectivity index (χ0v) is 13.0. The van der Waals surface area contributed by atoms with Crippen molar-refractivity contribution in [2.24, 2.45) is 0 Å². The highest BCUT2D eigenvalue weighted by Gasteiger charge is 2.01. The van der Waals surface area contributed by atoms with E-state index in [4.69, 9.17) is 0 Å². The minimum absolute atomic E-state index is 0.871. The van der Waals surface area contributed by atoms with Crippen molar-refractivity contribution in [3.05, 3.63) is 54.1 Å². The molecule has 0 amide bonds. The van der Waals surface area contributed by atoms with E-state index in [0.29, 0.717) is 0 Å². The van der Waals surface area contributed by atoms with Gasteiger partial charge in [-0.25, -0.2) is 0 Å². The number of benzene rings is 2. The Balaban J connectivity index is 2.01. The molecule has 0 aliphatic heterocycles. The van der Waals surface area contributed by atoms with Crippen LogP contribution in [0.3, 0.4) is 0 Å². The molecule has 0 saturated heterocycles. The van der Waals surface area contributed by atoms with Crippen molar-refractivity contribution in [2.75, 3.05) is 17.3 Å². The average molecular weight is 289 g/mol. The largest absolute Gasteiger partial charge is 0.380 e. The molecule has 0 heterocycles. The Kier molecular flexibility index (Phi) is 5.67. The number of hydrogen-bond acceptors (Lipinski definition) is 3. The highest BCUT2D eigenvalue weighted by atomic mass is 32.2. The number of nitrogens with one attached hydrogen (secondary N) is 1. The fraction of sp³-hybridized carbons (Fsp3) is 0.250. The third-order valence-corrected chi connectivity index (χ3v) is 4.53. The van der Waals surface area contributed by atoms with Gasteiger partial charge in [-0.15, -0.1) is 23.5 Å². The van der Waals surface area contributed by atoms with Gasteiger partial charge in [0.25, 0.3) is 0 Å². The number of para-hydroxylation sites is 1. The van der Waals surface area contributed by atoms with Gasteiger partial charge < -0.3 is 5.32 Å². The van der Waals surface area contributed by atoms with Crippen molar-refractivity contribution in [3.8, 4) is 0 Å². The van der Waals surface area contributed by atoms with Gasteiger partial charge in [-0.2, -0.15) is 0 Å². The Hall–Kier alpha value is -1.06. The Morgan fingerprint density at radius 2 is 1.74 bits per heavy atom. The second-order valence-electron chi connectivity index (χ2n) is 4.13. The molecule has 0 aromatic heterocycles. The lowest BCUT2D eigenvalue weighted by molar-refractivity contribution is 1.12. The van der Waals surface area contributed by atoms with Crippen molar-refractivity contribution < 1.29 is 0 Å². The van der Waals surface area contributed by atoms with E-state index < -0.39 is 0 Å². The maximum absolute atomic E-state index is 3.52. The van der Waals surface area contributed by atoms with Crippen molar-refractivity contribution in [3.63, 3.8) is 0 Å². The Bertz CT molecular complexity index is 508. The van der Waals surface area contributed by atoms with Crippen LogP contribution in [0.2, 0.25) is 0 Å². The van der Waals surface area contributed by atoms with E-state index in [0.717, 1.165) is 12.3 Å². The van der Waals surface area contributed by atoms with Crippen LogP contribution >= 0.6 is 23.5 Å². The molecule has 0 atom stereocenters. The molecule has 0 bridgehead atoms. The van der Waals surface area contributed by atoms with Crippen molar-refractivity contribution in [1.29, 1.82) is 0 Å². The minimum Gasteiger partial charge on any atom is -0.380 e. The molecule has 100 valence electrons. The van der Waals surface area contributed by atoms with E-state index in [1.54, 1.807) is 11.8 Å². The van der Waals surface area contributed by atoms with Crippen LogP contribution in [0.5, 0.6) is 0 Å². The number of thioether (sulfide) groups is 2. The van der Waals surface area contributed by atoms with Gasteiger partial charge in [0, 0.05) is 22.0 Å². The van der Waals surface area contributed by atoms with E-state index in [9.17, 15) is 0 Å². The fourth-order valence-corrected chi connectivity index (χ4v) is 3.02. The molecule has 0 aliphatic carbocycles. The van der Waals surface area contributed by atoms with Crippen LogP contribution in [-0.2, 0) is 6.54 Å². The van der Waals surface area contributed by atoms with Gasteiger partial charge in [0.15, 0.2) is 0 Å². The molecule has 0 radical (unpaired) electrons. The van der Waals surface area contributed by atoms with E-state index in [2.05, 4.69) is 67.0 Å². The van der Waals surface area contributed by atoms with E-state index in [1.165, 1.54) is 21.0 Å². The van der Waals surface area contributed by atoms with Crippen LogP contribution in [0.25, 0.3) is 0 Å². The van der Waals surface area contributed by atoms with Crippen LogP contribution < -0.4 is 5.32 Å². The summed E-state index contributed by atoms with van der Waals surface area (Å²) in [7, 11) is 0. The smallest absolute Gasteiger partial charge is 0.0481 e. The first-order chi connectivity index (χ1) is 9.33. The van der Waals surface area contributed by atoms with Crippen molar-refractivity contribution in [2.45, 2.75) is 23.3 Å². The van der Waals surface area contributed by atoms with Gasteiger partial charge in [0.2, 0.25) is 0 Å². The Morgan fingerprint density at radius 3 is 2.42 bits per heavy atom. The predicted octanol–water partition coefficient (Wildman–Crippen LogP) is 5.13. The van der Waals surface area contributed by atoms with Crippen LogP contribution in [-0.4, -0.2) is 12.0 Å². The maximum Gasteiger partial charge on any atom is 0.0481 e. The molecule has 0 fully saturated rings. The minimum atomic E-state index is 0.871. The zero-order chi connectivity index (χ0) is 13.5. The molecule has 19 heavy (non-hydrogen) atoms. The highest BCUT2D eigenvalue weighted by Crippen LogP contribution is 2.27. The molecule has 0 aliphatic rings. The number of rotatable bonds is 6. The summed E-state index contributed by atoms with van der Waals surface area (Å²) in [6, 6.07) is 17.2. The molecule has 1 N–H and O–H groups in total. The standard InChI is InChI=1S/C16H19NS2/c1-3-19-16-7-5-4-6-15(16)17-12-13-8-10-14(18-2)11-9-13/h4-11,17H,3,12H2,1-2H3. The third-order valence-electron chi connectivity index (χ3n) is 2.83. The van der Waals surface area contributed by atoms with Gasteiger partial charge in [0.05, 0.1) is 0 Å². The number of anilines is 1. The monoisotopic (exact) mass is 289 g/mol. The molecule has 3 heteroatoms. The summed E-state index contributed by atoms with van der Waals surface area (Å²) >= 11 is 3.65. The average Bonchev–Trinajstić information content (AvgIpc) is 2.47. The predicted molar refractivity (Wildman–Crippen MR) is 88.4 cm³/mol. The van der Waals surface area contributed by atoms with Gasteiger partial charge >= 0.3 is 0 Å². The lowest BCUT2D eigenvalue weighted by atomic mass is 10.2. The van der Waals surface area contributed by atoms with E-state index >= 15 is 0 Å². The topological polar surface area (TPSA) is 12.0 Å². The Morgan fingerprint density at radius 1 is 1.00 bits per heavy atom. The van der Waals surface area contributed by atoms with Gasteiger partial charge in [-0.05, 0) is 41.8 Å². The van der Waals surface area contributed by atoms with Crippen LogP contribution in [0, 0.1) is 0 Å². The Labute approximate surface area is 124 Å². The molecule has 2 rings (SSSR count). The summed E-state index contributed by atoms with van der Waals surface area (Å²) in [5.41, 5.74) is 2.54. The normalized spacial score (nSPS) is 10.4. The summed E-state index contributed by atoms with van der Waals surface area (Å²) in [6.45, 7) is 3.05. The zero-order valence-electron chi connectivity index (χ0n) is 11.3. The van der Waals surface area contributed by atoms with Crippen molar-refractivity contribution >= 4 is 29.2 Å². The lowest BCUT2D eigenvalue weighted by Gasteiger charge is -2.11. The first-order valence-electron chi connectivity index (χ1n) is 6.42. The summed E-state index contributed by atoms with van der Waals surface area (Å²) in [6.07, 6.45) is 2.10. The number of hydrogen-bond donors (Lipinski definition) is 1. The summed E-state index contributed by atoms with van der Waals surface area (Å²) < 4.78 is 0. The maximum atomic E-state index is 3.52. The van der Waals surface area contributed by atoms with Gasteiger partial charge in [0.1, 0.15) is 0 Å². The molecular weight excluding hydrogens is 270 g/mol. The quantitative estimate of drug-likeness (QED) is 0.740. The molecule has 0 unspecified atom stereocenters. The third kappa shape index (κ3) is 4.22. The van der Waals surface area contributed by atoms with Gasteiger partial charge in [-0.3, -0.25) is 0 Å². The SMILES string of the molecule is CCSc1ccccc1NCc1ccc(SC)cc1. The van der Waals surface area contributed by atoms with Gasteiger partial charge in [-0.1, -0.05) is 31.2 Å². The molecule has 0 spiro atoms. The molecule has 0 saturated carbocycles. The van der Waals surface area contributed by atoms with E-state index in [1.807, 2.05) is 11.8 Å². The molecular formula is C16H19NS2. The summed E-state index contributed by atoms with van der Waals surface area (Å²) in [5.74, 6) is 1.10. The summed E-state index contributed by atoms with van der Waals surface area (Å²) in [4.78, 5) is 2.64. The lowest BCUT2D eigenvalue weighted by Crippen LogP contribution is -2.00. The van der Waals surface area contributed by atoms with Crippen LogP contribution in [0.15, 0.2) is 58.3 Å². The second-order valence-corrected chi connectivity index (χ2v) is 6.32. The molecule has 1 nitrogen and oxygen atoms in total. The molecule has 2 aromatic rings. The molecule has 2 aromatic carbocycles. The second kappa shape index (κ2) is 7.51. The fourth-order valence-electron chi connectivity index (χ4n) is 1.83. The van der Waals surface area contributed by atoms with Crippen molar-refractivity contribution in [1.82, 2.24) is 0 Å². The highest BCUT2D eigenvalue weighted by molar-refractivity contribution is 7.99. The first-order valence-corrected chi connectivity index (χ1v) is 8.63. The van der Waals surface area contributed by atoms with Crippen LogP contribution in [0.4, 0.5) is 5.69 Å².